The van der Waals surface area contributed by atoms with Crippen LogP contribution in [0.2, 0.25) is 5.02 Å². The Hall–Kier alpha value is -1.58. The van der Waals surface area contributed by atoms with Gasteiger partial charge in [-0.1, -0.05) is 54.1 Å². The third-order valence-corrected chi connectivity index (χ3v) is 4.09. The van der Waals surface area contributed by atoms with Crippen LogP contribution in [0, 0.1) is 0 Å². The van der Waals surface area contributed by atoms with E-state index in [2.05, 4.69) is 0 Å². The molecule has 4 heteroatoms. The molecule has 0 aliphatic heterocycles. The van der Waals surface area contributed by atoms with Gasteiger partial charge in [-0.3, -0.25) is 0 Å². The van der Waals surface area contributed by atoms with Gasteiger partial charge >= 0.3 is 0 Å². The molecule has 0 saturated heterocycles. The molecule has 0 fully saturated rings. The van der Waals surface area contributed by atoms with Crippen molar-refractivity contribution in [2.24, 2.45) is 0 Å². The van der Waals surface area contributed by atoms with Gasteiger partial charge in [0.25, 0.3) is 0 Å². The second kappa shape index (κ2) is 6.04. The Bertz CT molecular complexity index is 659. The molecule has 0 aliphatic carbocycles. The molecule has 0 saturated carbocycles. The zero-order valence-electron chi connectivity index (χ0n) is 10.2. The third kappa shape index (κ3) is 4.54. The van der Waals surface area contributed by atoms with Gasteiger partial charge in [0.15, 0.2) is 9.84 Å². The van der Waals surface area contributed by atoms with Crippen LogP contribution in [0.25, 0.3) is 6.08 Å². The van der Waals surface area contributed by atoms with E-state index >= 15 is 0 Å². The quantitative estimate of drug-likeness (QED) is 0.856. The predicted molar refractivity (Wildman–Crippen MR) is 79.6 cm³/mol. The molecule has 0 aromatic heterocycles. The van der Waals surface area contributed by atoms with E-state index < -0.39 is 9.84 Å². The minimum atomic E-state index is -3.26. The molecule has 2 nitrogen and oxygen atoms in total. The summed E-state index contributed by atoms with van der Waals surface area (Å²) >= 11 is 5.77. The van der Waals surface area contributed by atoms with E-state index in [-0.39, 0.29) is 5.75 Å². The van der Waals surface area contributed by atoms with Gasteiger partial charge in [0.1, 0.15) is 0 Å². The van der Waals surface area contributed by atoms with Crippen LogP contribution in [0.15, 0.2) is 60.0 Å². The van der Waals surface area contributed by atoms with E-state index in [4.69, 9.17) is 11.6 Å². The number of hydrogen-bond donors (Lipinski definition) is 0. The lowest BCUT2D eigenvalue weighted by molar-refractivity contribution is 0.604. The van der Waals surface area contributed by atoms with Crippen molar-refractivity contribution in [1.82, 2.24) is 0 Å². The number of halogens is 1. The Morgan fingerprint density at radius 2 is 1.58 bits per heavy atom. The van der Waals surface area contributed by atoms with Gasteiger partial charge in [-0.05, 0) is 29.3 Å². The van der Waals surface area contributed by atoms with Crippen molar-refractivity contribution in [3.05, 3.63) is 76.2 Å². The molecule has 0 atom stereocenters. The summed E-state index contributed by atoms with van der Waals surface area (Å²) < 4.78 is 23.9. The topological polar surface area (TPSA) is 34.1 Å². The Morgan fingerprint density at radius 1 is 0.947 bits per heavy atom. The second-order valence-electron chi connectivity index (χ2n) is 4.15. The lowest BCUT2D eigenvalue weighted by atomic mass is 10.2. The van der Waals surface area contributed by atoms with Crippen LogP contribution in [0.1, 0.15) is 11.1 Å². The fourth-order valence-corrected chi connectivity index (χ4v) is 2.85. The molecular weight excluding hydrogens is 280 g/mol. The Balaban J connectivity index is 2.11. The van der Waals surface area contributed by atoms with E-state index in [1.54, 1.807) is 42.5 Å². The summed E-state index contributed by atoms with van der Waals surface area (Å²) in [4.78, 5) is 0. The van der Waals surface area contributed by atoms with Gasteiger partial charge < -0.3 is 0 Å². The van der Waals surface area contributed by atoms with Crippen LogP contribution in [0.5, 0.6) is 0 Å². The summed E-state index contributed by atoms with van der Waals surface area (Å²) in [5.41, 5.74) is 1.59. The maximum Gasteiger partial charge on any atom is 0.175 e. The monoisotopic (exact) mass is 292 g/mol. The van der Waals surface area contributed by atoms with Crippen LogP contribution in [0.4, 0.5) is 0 Å². The highest BCUT2D eigenvalue weighted by molar-refractivity contribution is 7.93. The molecule has 0 N–H and O–H groups in total. The first-order chi connectivity index (χ1) is 9.05. The minimum absolute atomic E-state index is 0.0118. The number of benzene rings is 2. The van der Waals surface area contributed by atoms with E-state index in [9.17, 15) is 8.42 Å². The van der Waals surface area contributed by atoms with Crippen LogP contribution < -0.4 is 0 Å². The predicted octanol–water partition coefficient (Wildman–Crippen LogP) is 3.93. The first-order valence-electron chi connectivity index (χ1n) is 5.75. The maximum atomic E-state index is 11.9. The standard InChI is InChI=1S/C15H13ClO2S/c16-15-8-6-13(7-9-15)10-11-19(17,18)12-14-4-2-1-3-5-14/h1-11H,12H2/b11-10+. The van der Waals surface area contributed by atoms with Crippen molar-refractivity contribution in [3.8, 4) is 0 Å². The molecule has 19 heavy (non-hydrogen) atoms. The molecule has 2 aromatic carbocycles. The first-order valence-corrected chi connectivity index (χ1v) is 7.85. The summed E-state index contributed by atoms with van der Waals surface area (Å²) in [7, 11) is -3.26. The summed E-state index contributed by atoms with van der Waals surface area (Å²) in [5.74, 6) is 0.0118. The van der Waals surface area contributed by atoms with Crippen molar-refractivity contribution in [3.63, 3.8) is 0 Å². The molecule has 0 radical (unpaired) electrons. The highest BCUT2D eigenvalue weighted by Gasteiger charge is 2.06. The van der Waals surface area contributed by atoms with Crippen molar-refractivity contribution >= 4 is 27.5 Å². The fraction of sp³-hybridized carbons (Fsp3) is 0.0667. The summed E-state index contributed by atoms with van der Waals surface area (Å²) in [6.45, 7) is 0. The molecule has 0 bridgehead atoms. The molecule has 0 spiro atoms. The van der Waals surface area contributed by atoms with Gasteiger partial charge in [-0.2, -0.15) is 0 Å². The smallest absolute Gasteiger partial charge is 0.175 e. The summed E-state index contributed by atoms with van der Waals surface area (Å²) in [5, 5.41) is 1.87. The van der Waals surface area contributed by atoms with Gasteiger partial charge in [0.05, 0.1) is 5.75 Å². The molecule has 0 amide bonds. The zero-order valence-corrected chi connectivity index (χ0v) is 11.7. The van der Waals surface area contributed by atoms with E-state index in [1.807, 2.05) is 18.2 Å². The zero-order chi connectivity index (χ0) is 13.7. The lowest BCUT2D eigenvalue weighted by Gasteiger charge is -1.99. The fourth-order valence-electron chi connectivity index (χ4n) is 1.61. The first kappa shape index (κ1) is 13.8. The third-order valence-electron chi connectivity index (χ3n) is 2.55. The number of hydrogen-bond acceptors (Lipinski definition) is 2. The highest BCUT2D eigenvalue weighted by atomic mass is 35.5. The van der Waals surface area contributed by atoms with Crippen molar-refractivity contribution in [1.29, 1.82) is 0 Å². The average Bonchev–Trinajstić information content (AvgIpc) is 2.39. The Labute approximate surface area is 118 Å². The average molecular weight is 293 g/mol. The molecule has 98 valence electrons. The molecular formula is C15H13ClO2S. The van der Waals surface area contributed by atoms with E-state index in [1.165, 1.54) is 5.41 Å². The molecule has 0 heterocycles. The Morgan fingerprint density at radius 3 is 2.21 bits per heavy atom. The molecule has 2 rings (SSSR count). The largest absolute Gasteiger partial charge is 0.224 e. The van der Waals surface area contributed by atoms with Gasteiger partial charge in [0.2, 0.25) is 0 Å². The maximum absolute atomic E-state index is 11.9. The van der Waals surface area contributed by atoms with Crippen molar-refractivity contribution < 1.29 is 8.42 Å². The minimum Gasteiger partial charge on any atom is -0.224 e. The Kier molecular flexibility index (Phi) is 4.40. The molecule has 0 unspecified atom stereocenters. The van der Waals surface area contributed by atoms with Crippen LogP contribution >= 0.6 is 11.6 Å². The highest BCUT2D eigenvalue weighted by Crippen LogP contribution is 2.13. The lowest BCUT2D eigenvalue weighted by Crippen LogP contribution is -1.99. The van der Waals surface area contributed by atoms with Crippen LogP contribution in [-0.4, -0.2) is 8.42 Å². The van der Waals surface area contributed by atoms with Crippen LogP contribution in [-0.2, 0) is 15.6 Å². The van der Waals surface area contributed by atoms with Gasteiger partial charge in [0, 0.05) is 10.4 Å². The van der Waals surface area contributed by atoms with Gasteiger partial charge in [-0.15, -0.1) is 0 Å². The molecule has 0 aliphatic rings. The number of sulfone groups is 1. The number of rotatable bonds is 4. The van der Waals surface area contributed by atoms with Crippen molar-refractivity contribution in [2.75, 3.05) is 0 Å². The van der Waals surface area contributed by atoms with E-state index in [0.717, 1.165) is 11.1 Å². The van der Waals surface area contributed by atoms with Crippen molar-refractivity contribution in [2.45, 2.75) is 5.75 Å². The molecule has 2 aromatic rings. The SMILES string of the molecule is O=S(=O)(/C=C/c1ccc(Cl)cc1)Cc1ccccc1. The summed E-state index contributed by atoms with van der Waals surface area (Å²) in [6.07, 6.45) is 1.58. The summed E-state index contributed by atoms with van der Waals surface area (Å²) in [6, 6.07) is 16.1. The second-order valence-corrected chi connectivity index (χ2v) is 6.47. The van der Waals surface area contributed by atoms with Gasteiger partial charge in [-0.25, -0.2) is 8.42 Å². The van der Waals surface area contributed by atoms with Crippen LogP contribution in [0.3, 0.4) is 0 Å². The normalized spacial score (nSPS) is 11.8. The van der Waals surface area contributed by atoms with E-state index in [0.29, 0.717) is 5.02 Å².